The number of aromatic nitrogens is 1. The molecule has 0 unspecified atom stereocenters. The Morgan fingerprint density at radius 2 is 2.05 bits per heavy atom. The molecule has 3 nitrogen and oxygen atoms in total. The molecule has 0 radical (unpaired) electrons. The number of hydrogen-bond acceptors (Lipinski definition) is 3. The van der Waals surface area contributed by atoms with Crippen LogP contribution in [0.15, 0.2) is 11.6 Å². The maximum atomic E-state index is 11.9. The van der Waals surface area contributed by atoms with E-state index in [1.165, 1.54) is 36.3 Å². The molecular weight excluding hydrogens is 256 g/mol. The summed E-state index contributed by atoms with van der Waals surface area (Å²) in [6.45, 7) is 3.88. The fourth-order valence-electron chi connectivity index (χ4n) is 2.35. The average Bonchev–Trinajstić information content (AvgIpc) is 2.71. The first-order chi connectivity index (χ1) is 9.20. The Bertz CT molecular complexity index is 451. The molecule has 1 aromatic heterocycles. The van der Waals surface area contributed by atoms with E-state index in [1.807, 2.05) is 19.9 Å². The minimum atomic E-state index is -0.0245. The summed E-state index contributed by atoms with van der Waals surface area (Å²) < 4.78 is 0. The van der Waals surface area contributed by atoms with Gasteiger partial charge in [0.1, 0.15) is 0 Å². The summed E-state index contributed by atoms with van der Waals surface area (Å²) >= 11 is 1.65. The van der Waals surface area contributed by atoms with Gasteiger partial charge in [-0.05, 0) is 39.0 Å². The number of thiazole rings is 1. The van der Waals surface area contributed by atoms with Gasteiger partial charge in [-0.3, -0.25) is 10.1 Å². The lowest BCUT2D eigenvalue weighted by molar-refractivity contribution is -0.112. The fraction of sp³-hybridized carbons (Fsp3) is 0.600. The number of carbonyl (C=O) groups is 1. The maximum absolute atomic E-state index is 11.9. The summed E-state index contributed by atoms with van der Waals surface area (Å²) in [5.74, 6) is -0.0245. The highest BCUT2D eigenvalue weighted by atomic mass is 32.1. The summed E-state index contributed by atoms with van der Waals surface area (Å²) in [6, 6.07) is 0. The monoisotopic (exact) mass is 278 g/mol. The largest absolute Gasteiger partial charge is 0.298 e. The summed E-state index contributed by atoms with van der Waals surface area (Å²) in [5.41, 5.74) is 1.97. The van der Waals surface area contributed by atoms with E-state index in [1.54, 1.807) is 11.3 Å². The third-order valence-electron chi connectivity index (χ3n) is 3.43. The van der Waals surface area contributed by atoms with Gasteiger partial charge < -0.3 is 0 Å². The van der Waals surface area contributed by atoms with Crippen LogP contribution < -0.4 is 5.32 Å². The van der Waals surface area contributed by atoms with Gasteiger partial charge in [0.25, 0.3) is 5.91 Å². The number of fused-ring (bicyclic) bond motifs is 1. The molecule has 0 spiro atoms. The lowest BCUT2D eigenvalue weighted by atomic mass is 10.0. The first kappa shape index (κ1) is 14.3. The van der Waals surface area contributed by atoms with Gasteiger partial charge in [0, 0.05) is 10.5 Å². The number of rotatable bonds is 3. The number of amides is 1. The van der Waals surface area contributed by atoms with Crippen molar-refractivity contribution in [3.63, 3.8) is 0 Å². The highest BCUT2D eigenvalue weighted by Gasteiger charge is 2.15. The van der Waals surface area contributed by atoms with Crippen LogP contribution in [0, 0.1) is 0 Å². The Morgan fingerprint density at radius 1 is 1.32 bits per heavy atom. The van der Waals surface area contributed by atoms with Crippen molar-refractivity contribution >= 4 is 22.4 Å². The minimum absolute atomic E-state index is 0.0245. The lowest BCUT2D eigenvalue weighted by Gasteiger charge is -2.06. The van der Waals surface area contributed by atoms with E-state index >= 15 is 0 Å². The van der Waals surface area contributed by atoms with E-state index in [-0.39, 0.29) is 5.91 Å². The number of nitrogens with one attached hydrogen (secondary N) is 1. The molecule has 1 aliphatic rings. The second kappa shape index (κ2) is 6.85. The normalized spacial score (nSPS) is 16.4. The molecule has 0 aromatic carbocycles. The van der Waals surface area contributed by atoms with Crippen LogP contribution in [0.3, 0.4) is 0 Å². The number of anilines is 1. The van der Waals surface area contributed by atoms with Crippen LogP contribution in [-0.4, -0.2) is 10.9 Å². The molecule has 2 rings (SSSR count). The van der Waals surface area contributed by atoms with E-state index < -0.39 is 0 Å². The van der Waals surface area contributed by atoms with Crippen molar-refractivity contribution in [2.45, 2.75) is 58.8 Å². The van der Waals surface area contributed by atoms with Crippen LogP contribution in [-0.2, 0) is 17.6 Å². The summed E-state index contributed by atoms with van der Waals surface area (Å²) in [6.07, 6.45) is 10.1. The van der Waals surface area contributed by atoms with E-state index in [9.17, 15) is 4.79 Å². The van der Waals surface area contributed by atoms with Gasteiger partial charge in [-0.15, -0.1) is 11.3 Å². The van der Waals surface area contributed by atoms with Crippen molar-refractivity contribution in [3.8, 4) is 0 Å². The van der Waals surface area contributed by atoms with Gasteiger partial charge in [-0.1, -0.05) is 25.8 Å². The van der Waals surface area contributed by atoms with Crippen molar-refractivity contribution in [2.24, 2.45) is 0 Å². The zero-order valence-electron chi connectivity index (χ0n) is 11.8. The Hall–Kier alpha value is -1.16. The molecule has 0 saturated heterocycles. The van der Waals surface area contributed by atoms with Crippen molar-refractivity contribution in [3.05, 3.63) is 22.2 Å². The lowest BCUT2D eigenvalue weighted by Crippen LogP contribution is -2.12. The Morgan fingerprint density at radius 3 is 2.79 bits per heavy atom. The van der Waals surface area contributed by atoms with E-state index in [0.717, 1.165) is 30.0 Å². The quantitative estimate of drug-likeness (QED) is 0.846. The third-order valence-corrected chi connectivity index (χ3v) is 4.51. The molecule has 0 aliphatic heterocycles. The molecule has 1 heterocycles. The topological polar surface area (TPSA) is 42.0 Å². The predicted molar refractivity (Wildman–Crippen MR) is 80.7 cm³/mol. The molecule has 0 bridgehead atoms. The molecule has 0 saturated carbocycles. The van der Waals surface area contributed by atoms with E-state index in [2.05, 4.69) is 10.3 Å². The van der Waals surface area contributed by atoms with Crippen LogP contribution in [0.1, 0.15) is 56.5 Å². The van der Waals surface area contributed by atoms with Crippen molar-refractivity contribution in [1.29, 1.82) is 0 Å². The van der Waals surface area contributed by atoms with Gasteiger partial charge in [0.15, 0.2) is 5.13 Å². The molecule has 1 N–H and O–H groups in total. The van der Waals surface area contributed by atoms with Crippen LogP contribution in [0.4, 0.5) is 5.13 Å². The second-order valence-electron chi connectivity index (χ2n) is 5.05. The first-order valence-corrected chi connectivity index (χ1v) is 7.99. The van der Waals surface area contributed by atoms with E-state index in [4.69, 9.17) is 0 Å². The van der Waals surface area contributed by atoms with Gasteiger partial charge >= 0.3 is 0 Å². The van der Waals surface area contributed by atoms with Crippen LogP contribution >= 0.6 is 11.3 Å². The van der Waals surface area contributed by atoms with Crippen molar-refractivity contribution in [2.75, 3.05) is 5.32 Å². The van der Waals surface area contributed by atoms with Gasteiger partial charge in [-0.25, -0.2) is 4.98 Å². The smallest absolute Gasteiger partial charge is 0.252 e. The number of allylic oxidation sites excluding steroid dienone is 1. The third kappa shape index (κ3) is 3.90. The SMILES string of the molecule is CC/C=C(/C)C(=O)Nc1nc2c(s1)CCCCCC2. The van der Waals surface area contributed by atoms with Crippen LogP contribution in [0.25, 0.3) is 0 Å². The summed E-state index contributed by atoms with van der Waals surface area (Å²) in [5, 5.41) is 3.69. The molecule has 104 valence electrons. The molecule has 1 amide bonds. The van der Waals surface area contributed by atoms with Crippen LogP contribution in [0.2, 0.25) is 0 Å². The average molecular weight is 278 g/mol. The van der Waals surface area contributed by atoms with Gasteiger partial charge in [0.2, 0.25) is 0 Å². The molecule has 4 heteroatoms. The number of nitrogens with zero attached hydrogens (tertiary/aromatic N) is 1. The zero-order valence-corrected chi connectivity index (χ0v) is 12.6. The highest BCUT2D eigenvalue weighted by molar-refractivity contribution is 7.15. The predicted octanol–water partition coefficient (Wildman–Crippen LogP) is 4.10. The van der Waals surface area contributed by atoms with Crippen molar-refractivity contribution in [1.82, 2.24) is 4.98 Å². The molecule has 19 heavy (non-hydrogen) atoms. The number of hydrogen-bond donors (Lipinski definition) is 1. The highest BCUT2D eigenvalue weighted by Crippen LogP contribution is 2.28. The van der Waals surface area contributed by atoms with Gasteiger partial charge in [0.05, 0.1) is 5.69 Å². The Balaban J connectivity index is 2.07. The summed E-state index contributed by atoms with van der Waals surface area (Å²) in [4.78, 5) is 17.9. The van der Waals surface area contributed by atoms with E-state index in [0.29, 0.717) is 0 Å². The minimum Gasteiger partial charge on any atom is -0.298 e. The summed E-state index contributed by atoms with van der Waals surface area (Å²) in [7, 11) is 0. The number of carbonyl (C=O) groups excluding carboxylic acids is 1. The second-order valence-corrected chi connectivity index (χ2v) is 6.14. The molecule has 1 aromatic rings. The van der Waals surface area contributed by atoms with Crippen molar-refractivity contribution < 1.29 is 4.79 Å². The fourth-order valence-corrected chi connectivity index (χ4v) is 3.40. The molecule has 0 fully saturated rings. The molecular formula is C15H22N2OS. The zero-order chi connectivity index (χ0) is 13.7. The molecule has 0 atom stereocenters. The number of aryl methyl sites for hydroxylation is 2. The first-order valence-electron chi connectivity index (χ1n) is 7.17. The maximum Gasteiger partial charge on any atom is 0.252 e. The van der Waals surface area contributed by atoms with Gasteiger partial charge in [-0.2, -0.15) is 0 Å². The standard InChI is InChI=1S/C15H22N2OS/c1-3-8-11(2)14(18)17-15-16-12-9-6-4-5-7-10-13(12)19-15/h8H,3-7,9-10H2,1-2H3,(H,16,17,18)/b11-8-. The Kier molecular flexibility index (Phi) is 5.14. The Labute approximate surface area is 119 Å². The molecule has 1 aliphatic carbocycles. The van der Waals surface area contributed by atoms with Crippen LogP contribution in [0.5, 0.6) is 0 Å².